The van der Waals surface area contributed by atoms with E-state index >= 15 is 0 Å². The molecule has 0 saturated heterocycles. The molecule has 0 saturated carbocycles. The molecule has 2 aliphatic carbocycles. The topological polar surface area (TPSA) is 55.8 Å². The monoisotopic (exact) mass is 464 g/mol. The lowest BCUT2D eigenvalue weighted by molar-refractivity contribution is 0.563. The van der Waals surface area contributed by atoms with Gasteiger partial charge in [0.1, 0.15) is 0 Å². The summed E-state index contributed by atoms with van der Waals surface area (Å²) in [5, 5.41) is 21.5. The highest BCUT2D eigenvalue weighted by Gasteiger charge is 2.39. The molecule has 0 fully saturated rings. The number of rotatable bonds is 2. The minimum Gasteiger partial charge on any atom is -0.334 e. The second-order valence-corrected chi connectivity index (χ2v) is 9.84. The summed E-state index contributed by atoms with van der Waals surface area (Å²) in [4.78, 5) is 2.50. The Morgan fingerprint density at radius 2 is 1.72 bits per heavy atom. The molecule has 0 amide bonds. The van der Waals surface area contributed by atoms with E-state index in [0.717, 1.165) is 42.4 Å². The molecule has 4 heteroatoms. The number of aromatic nitrogens is 1. The second-order valence-electron chi connectivity index (χ2n) is 9.84. The third-order valence-electron chi connectivity index (χ3n) is 7.89. The Hall–Kier alpha value is -4.54. The van der Waals surface area contributed by atoms with Crippen molar-refractivity contribution in [2.75, 3.05) is 4.90 Å². The number of anilines is 1. The fourth-order valence-corrected chi connectivity index (χ4v) is 6.33. The van der Waals surface area contributed by atoms with Gasteiger partial charge < -0.3 is 9.47 Å². The third-order valence-corrected chi connectivity index (χ3v) is 7.89. The Bertz CT molecular complexity index is 1730. The number of allylic oxidation sites excluding steroid dienone is 3. The summed E-state index contributed by atoms with van der Waals surface area (Å²) in [6.45, 7) is 0. The number of nitriles is 2. The molecule has 1 aromatic heterocycles. The molecule has 7 rings (SSSR count). The first-order valence-corrected chi connectivity index (χ1v) is 12.6. The van der Waals surface area contributed by atoms with Crippen molar-refractivity contribution in [3.8, 4) is 17.8 Å². The summed E-state index contributed by atoms with van der Waals surface area (Å²) in [5.74, 6) is 0.00766. The maximum Gasteiger partial charge on any atom is 0.0992 e. The smallest absolute Gasteiger partial charge is 0.0992 e. The number of benzene rings is 3. The standard InChI is InChI=1S/C32H24N4/c33-19-21-6-5-7-23(16-21)36-29-10-3-1-8-25(29)27-14-13-24(18-32(27)36)35-30-11-4-2-9-26(30)28-17-22(20-34)12-15-31(28)35/h1,3-8,10-11,13-14,16-18,22,31H,2,9,12,15H2. The highest BCUT2D eigenvalue weighted by atomic mass is 15.2. The van der Waals surface area contributed by atoms with Crippen LogP contribution in [0.4, 0.5) is 5.69 Å². The van der Waals surface area contributed by atoms with Crippen molar-refractivity contribution in [1.29, 1.82) is 10.5 Å². The molecule has 4 nitrogen and oxygen atoms in total. The summed E-state index contributed by atoms with van der Waals surface area (Å²) in [6, 6.07) is 28.2. The van der Waals surface area contributed by atoms with Crippen molar-refractivity contribution in [1.82, 2.24) is 4.57 Å². The lowest BCUT2D eigenvalue weighted by Gasteiger charge is -2.32. The number of nitrogens with zero attached hydrogens (tertiary/aromatic N) is 4. The van der Waals surface area contributed by atoms with Gasteiger partial charge in [0.15, 0.2) is 0 Å². The van der Waals surface area contributed by atoms with E-state index in [4.69, 9.17) is 0 Å². The molecular formula is C32H24N4. The van der Waals surface area contributed by atoms with Crippen LogP contribution in [0.5, 0.6) is 0 Å². The van der Waals surface area contributed by atoms with Gasteiger partial charge in [-0.15, -0.1) is 0 Å². The van der Waals surface area contributed by atoms with Crippen LogP contribution in [-0.2, 0) is 0 Å². The summed E-state index contributed by atoms with van der Waals surface area (Å²) in [7, 11) is 0. The summed E-state index contributed by atoms with van der Waals surface area (Å²) < 4.78 is 2.28. The van der Waals surface area contributed by atoms with Gasteiger partial charge in [0.25, 0.3) is 0 Å². The zero-order valence-electron chi connectivity index (χ0n) is 19.9. The molecule has 1 aliphatic heterocycles. The quantitative estimate of drug-likeness (QED) is 0.313. The van der Waals surface area contributed by atoms with Gasteiger partial charge in [-0.25, -0.2) is 0 Å². The summed E-state index contributed by atoms with van der Waals surface area (Å²) in [6.07, 6.45) is 10.7. The minimum absolute atomic E-state index is 0.00766. The van der Waals surface area contributed by atoms with Gasteiger partial charge in [0.2, 0.25) is 0 Å². The van der Waals surface area contributed by atoms with E-state index in [1.807, 2.05) is 18.2 Å². The molecule has 0 radical (unpaired) electrons. The molecule has 0 N–H and O–H groups in total. The average Bonchev–Trinajstić information content (AvgIpc) is 3.45. The van der Waals surface area contributed by atoms with E-state index < -0.39 is 0 Å². The molecule has 2 atom stereocenters. The Balaban J connectivity index is 1.46. The molecule has 0 bridgehead atoms. The Kier molecular flexibility index (Phi) is 4.63. The fraction of sp³-hybridized carbons (Fsp3) is 0.188. The first kappa shape index (κ1) is 20.8. The van der Waals surface area contributed by atoms with E-state index in [1.54, 1.807) is 0 Å². The molecule has 3 aromatic carbocycles. The van der Waals surface area contributed by atoms with Crippen molar-refractivity contribution < 1.29 is 0 Å². The minimum atomic E-state index is 0.00766. The van der Waals surface area contributed by atoms with E-state index in [1.165, 1.54) is 33.3 Å². The van der Waals surface area contributed by atoms with Crippen molar-refractivity contribution >= 4 is 27.5 Å². The molecule has 3 aliphatic rings. The van der Waals surface area contributed by atoms with Crippen LogP contribution in [0.3, 0.4) is 0 Å². The van der Waals surface area contributed by atoms with Gasteiger partial charge in [-0.1, -0.05) is 42.5 Å². The van der Waals surface area contributed by atoms with Gasteiger partial charge in [0.05, 0.1) is 40.7 Å². The van der Waals surface area contributed by atoms with Crippen LogP contribution in [0, 0.1) is 28.6 Å². The lowest BCUT2D eigenvalue weighted by atomic mass is 9.84. The first-order chi connectivity index (χ1) is 17.8. The van der Waals surface area contributed by atoms with E-state index in [2.05, 4.69) is 88.4 Å². The van der Waals surface area contributed by atoms with Crippen LogP contribution in [0.1, 0.15) is 31.2 Å². The predicted molar refractivity (Wildman–Crippen MR) is 144 cm³/mol. The maximum absolute atomic E-state index is 9.59. The highest BCUT2D eigenvalue weighted by Crippen LogP contribution is 2.47. The number of para-hydroxylation sites is 1. The largest absolute Gasteiger partial charge is 0.334 e. The first-order valence-electron chi connectivity index (χ1n) is 12.6. The second kappa shape index (κ2) is 8.01. The van der Waals surface area contributed by atoms with Crippen LogP contribution in [0.15, 0.2) is 102 Å². The van der Waals surface area contributed by atoms with Crippen molar-refractivity contribution in [3.63, 3.8) is 0 Å². The maximum atomic E-state index is 9.59. The van der Waals surface area contributed by atoms with E-state index in [0.29, 0.717) is 5.56 Å². The Morgan fingerprint density at radius 1 is 0.833 bits per heavy atom. The predicted octanol–water partition coefficient (Wildman–Crippen LogP) is 7.31. The normalized spacial score (nSPS) is 20.7. The van der Waals surface area contributed by atoms with Crippen LogP contribution in [0.2, 0.25) is 0 Å². The van der Waals surface area contributed by atoms with Gasteiger partial charge in [-0.2, -0.15) is 10.5 Å². The fourth-order valence-electron chi connectivity index (χ4n) is 6.33. The SMILES string of the molecule is N#Cc1cccc(-n2c3ccccc3c3ccc(N4C5=C(CCC=C5)C5=CC(C#N)CCC54)cc32)c1. The van der Waals surface area contributed by atoms with Gasteiger partial charge >= 0.3 is 0 Å². The summed E-state index contributed by atoms with van der Waals surface area (Å²) in [5.41, 5.74) is 9.13. The van der Waals surface area contributed by atoms with Gasteiger partial charge in [0, 0.05) is 27.8 Å². The molecule has 36 heavy (non-hydrogen) atoms. The molecule has 2 unspecified atom stereocenters. The number of hydrogen-bond acceptors (Lipinski definition) is 3. The van der Waals surface area contributed by atoms with Crippen molar-refractivity contribution in [3.05, 3.63) is 107 Å². The van der Waals surface area contributed by atoms with Gasteiger partial charge in [-0.05, 0) is 79.3 Å². The Labute approximate surface area is 210 Å². The van der Waals surface area contributed by atoms with E-state index in [9.17, 15) is 10.5 Å². The average molecular weight is 465 g/mol. The molecule has 172 valence electrons. The third kappa shape index (κ3) is 2.98. The van der Waals surface area contributed by atoms with Crippen LogP contribution in [-0.4, -0.2) is 10.6 Å². The van der Waals surface area contributed by atoms with E-state index in [-0.39, 0.29) is 12.0 Å². The molecule has 4 aromatic rings. The molecule has 0 spiro atoms. The summed E-state index contributed by atoms with van der Waals surface area (Å²) >= 11 is 0. The van der Waals surface area contributed by atoms with Gasteiger partial charge in [-0.3, -0.25) is 0 Å². The van der Waals surface area contributed by atoms with Crippen molar-refractivity contribution in [2.24, 2.45) is 5.92 Å². The van der Waals surface area contributed by atoms with Crippen LogP contribution >= 0.6 is 0 Å². The van der Waals surface area contributed by atoms with Crippen LogP contribution < -0.4 is 4.90 Å². The lowest BCUT2D eigenvalue weighted by Crippen LogP contribution is -2.32. The highest BCUT2D eigenvalue weighted by molar-refractivity contribution is 6.10. The molecule has 2 heterocycles. The Morgan fingerprint density at radius 3 is 2.61 bits per heavy atom. The number of fused-ring (bicyclic) bond motifs is 5. The zero-order chi connectivity index (χ0) is 24.2. The zero-order valence-corrected chi connectivity index (χ0v) is 19.9. The number of hydrogen-bond donors (Lipinski definition) is 0. The molecular weight excluding hydrogens is 440 g/mol. The van der Waals surface area contributed by atoms with Crippen molar-refractivity contribution in [2.45, 2.75) is 31.7 Å². The van der Waals surface area contributed by atoms with Crippen LogP contribution in [0.25, 0.3) is 27.5 Å².